The lowest BCUT2D eigenvalue weighted by atomic mass is 10.2. The first kappa shape index (κ1) is 30.4. The molecular formula is C34H30N4O4S2. The van der Waals surface area contributed by atoms with Crippen LogP contribution in [0.25, 0.3) is 0 Å². The van der Waals surface area contributed by atoms with E-state index < -0.39 is 20.0 Å². The number of aryl methyl sites for hydroxylation is 2. The number of rotatable bonds is 10. The molecule has 222 valence electrons. The van der Waals surface area contributed by atoms with E-state index in [1.165, 1.54) is 0 Å². The van der Waals surface area contributed by atoms with Gasteiger partial charge in [0.05, 0.1) is 32.5 Å². The predicted molar refractivity (Wildman–Crippen MR) is 178 cm³/mol. The number of anilines is 2. The van der Waals surface area contributed by atoms with Crippen LogP contribution in [0.2, 0.25) is 0 Å². The molecule has 0 aliphatic rings. The molecule has 0 aromatic heterocycles. The Morgan fingerprint density at radius 3 is 1.30 bits per heavy atom. The molecule has 0 aliphatic carbocycles. The summed E-state index contributed by atoms with van der Waals surface area (Å²) in [5.41, 5.74) is 5.11. The van der Waals surface area contributed by atoms with Gasteiger partial charge in [0.15, 0.2) is 0 Å². The van der Waals surface area contributed by atoms with Gasteiger partial charge >= 0.3 is 0 Å². The maximum absolute atomic E-state index is 12.9. The van der Waals surface area contributed by atoms with Crippen LogP contribution in [0.3, 0.4) is 0 Å². The summed E-state index contributed by atoms with van der Waals surface area (Å²) in [6.07, 6.45) is 3.18. The Kier molecular flexibility index (Phi) is 9.03. The van der Waals surface area contributed by atoms with Gasteiger partial charge in [-0.3, -0.25) is 19.4 Å². The fourth-order valence-electron chi connectivity index (χ4n) is 4.19. The van der Waals surface area contributed by atoms with E-state index in [0.29, 0.717) is 33.9 Å². The van der Waals surface area contributed by atoms with E-state index in [2.05, 4.69) is 19.4 Å². The molecule has 0 unspecified atom stereocenters. The van der Waals surface area contributed by atoms with Gasteiger partial charge in [-0.25, -0.2) is 16.8 Å². The molecule has 0 radical (unpaired) electrons. The molecule has 0 saturated carbocycles. The van der Waals surface area contributed by atoms with E-state index in [4.69, 9.17) is 0 Å². The molecule has 0 spiro atoms. The lowest BCUT2D eigenvalue weighted by Crippen LogP contribution is -2.14. The number of para-hydroxylation sites is 2. The third-order valence-electron chi connectivity index (χ3n) is 6.61. The van der Waals surface area contributed by atoms with E-state index in [1.54, 1.807) is 134 Å². The van der Waals surface area contributed by atoms with Crippen LogP contribution >= 0.6 is 0 Å². The maximum atomic E-state index is 12.9. The molecule has 0 atom stereocenters. The number of nitrogens with one attached hydrogen (secondary N) is 2. The normalized spacial score (nSPS) is 12.0. The second kappa shape index (κ2) is 13.1. The van der Waals surface area contributed by atoms with Crippen molar-refractivity contribution < 1.29 is 16.8 Å². The van der Waals surface area contributed by atoms with E-state index in [9.17, 15) is 16.8 Å². The molecule has 0 aliphatic heterocycles. The molecule has 44 heavy (non-hydrogen) atoms. The minimum atomic E-state index is -3.78. The Morgan fingerprint density at radius 1 is 0.500 bits per heavy atom. The number of benzene rings is 5. The van der Waals surface area contributed by atoms with E-state index in [0.717, 1.165) is 11.1 Å². The van der Waals surface area contributed by atoms with Crippen LogP contribution in [0, 0.1) is 13.8 Å². The molecule has 5 aromatic rings. The molecule has 0 saturated heterocycles. The summed E-state index contributed by atoms with van der Waals surface area (Å²) in [5.74, 6) is 0. The van der Waals surface area contributed by atoms with Crippen molar-refractivity contribution in [1.29, 1.82) is 0 Å². The van der Waals surface area contributed by atoms with Crippen LogP contribution in [0.5, 0.6) is 0 Å². The first-order valence-corrected chi connectivity index (χ1v) is 16.6. The van der Waals surface area contributed by atoms with Gasteiger partial charge in [0.1, 0.15) is 0 Å². The summed E-state index contributed by atoms with van der Waals surface area (Å²) < 4.78 is 57.1. The average Bonchev–Trinajstić information content (AvgIpc) is 3.00. The zero-order chi connectivity index (χ0) is 31.2. The Balaban J connectivity index is 1.33. The van der Waals surface area contributed by atoms with E-state index in [-0.39, 0.29) is 9.79 Å². The quantitative estimate of drug-likeness (QED) is 0.158. The van der Waals surface area contributed by atoms with Gasteiger partial charge in [0.2, 0.25) is 0 Å². The van der Waals surface area contributed by atoms with Gasteiger partial charge in [0.25, 0.3) is 20.0 Å². The number of hydrogen-bond donors (Lipinski definition) is 2. The fraction of sp³-hybridized carbons (Fsp3) is 0.0588. The predicted octanol–water partition coefficient (Wildman–Crippen LogP) is 7.41. The highest BCUT2D eigenvalue weighted by Crippen LogP contribution is 2.24. The number of aliphatic imine (C=N–C) groups is 2. The Hall–Kier alpha value is -5.06. The van der Waals surface area contributed by atoms with E-state index >= 15 is 0 Å². The molecule has 0 heterocycles. The highest BCUT2D eigenvalue weighted by molar-refractivity contribution is 7.93. The van der Waals surface area contributed by atoms with Crippen LogP contribution in [-0.4, -0.2) is 29.3 Å². The van der Waals surface area contributed by atoms with Gasteiger partial charge in [-0.05, 0) is 68.4 Å². The van der Waals surface area contributed by atoms with Crippen molar-refractivity contribution in [1.82, 2.24) is 0 Å². The first-order valence-electron chi connectivity index (χ1n) is 13.6. The van der Waals surface area contributed by atoms with Crippen molar-refractivity contribution in [3.63, 3.8) is 0 Å². The van der Waals surface area contributed by atoms with Crippen LogP contribution in [0.15, 0.2) is 141 Å². The zero-order valence-electron chi connectivity index (χ0n) is 24.0. The van der Waals surface area contributed by atoms with Crippen molar-refractivity contribution in [2.45, 2.75) is 23.6 Å². The van der Waals surface area contributed by atoms with Crippen molar-refractivity contribution in [2.75, 3.05) is 9.44 Å². The van der Waals surface area contributed by atoms with Crippen molar-refractivity contribution in [2.24, 2.45) is 9.98 Å². The smallest absolute Gasteiger partial charge is 0.261 e. The Morgan fingerprint density at radius 2 is 0.886 bits per heavy atom. The summed E-state index contributed by atoms with van der Waals surface area (Å²) >= 11 is 0. The lowest BCUT2D eigenvalue weighted by molar-refractivity contribution is 0.599. The summed E-state index contributed by atoms with van der Waals surface area (Å²) in [5, 5.41) is 0. The maximum Gasteiger partial charge on any atom is 0.261 e. The number of nitrogens with zero attached hydrogens (tertiary/aromatic N) is 2. The van der Waals surface area contributed by atoms with Gasteiger partial charge in [-0.15, -0.1) is 0 Å². The molecule has 2 N–H and O–H groups in total. The second-order valence-electron chi connectivity index (χ2n) is 10.0. The molecular weight excluding hydrogens is 593 g/mol. The van der Waals surface area contributed by atoms with Gasteiger partial charge in [-0.2, -0.15) is 0 Å². The van der Waals surface area contributed by atoms with Gasteiger partial charge < -0.3 is 0 Å². The standard InChI is InChI=1S/C34H30N4O4S2/c1-25-14-18-31(19-15-25)43(39,40)37-33-12-5-3-8-27(33)23-35-29-10-7-11-30(22-29)36-24-28-9-4-6-13-34(28)38-44(41,42)32-20-16-26(2)17-21-32/h3-24,37-38H,1-2H3. The summed E-state index contributed by atoms with van der Waals surface area (Å²) in [4.78, 5) is 9.44. The SMILES string of the molecule is Cc1ccc(S(=O)(=O)Nc2ccccc2C=Nc2cccc(N=Cc3ccccc3NS(=O)(=O)c3ccc(C)cc3)c2)cc1. The van der Waals surface area contributed by atoms with Crippen molar-refractivity contribution in [3.05, 3.63) is 144 Å². The zero-order valence-corrected chi connectivity index (χ0v) is 25.7. The van der Waals surface area contributed by atoms with Crippen LogP contribution in [0.1, 0.15) is 22.3 Å². The highest BCUT2D eigenvalue weighted by Gasteiger charge is 2.16. The fourth-order valence-corrected chi connectivity index (χ4v) is 6.36. The largest absolute Gasteiger partial charge is 0.279 e. The topological polar surface area (TPSA) is 117 Å². The van der Waals surface area contributed by atoms with Crippen LogP contribution in [0.4, 0.5) is 22.7 Å². The molecule has 8 nitrogen and oxygen atoms in total. The minimum Gasteiger partial charge on any atom is -0.279 e. The van der Waals surface area contributed by atoms with Gasteiger partial charge in [0, 0.05) is 23.6 Å². The molecule has 5 aromatic carbocycles. The molecule has 0 amide bonds. The molecule has 5 rings (SSSR count). The Labute approximate surface area is 258 Å². The highest BCUT2D eigenvalue weighted by atomic mass is 32.2. The van der Waals surface area contributed by atoms with Crippen molar-refractivity contribution in [3.8, 4) is 0 Å². The number of sulfonamides is 2. The average molecular weight is 623 g/mol. The second-order valence-corrected chi connectivity index (χ2v) is 13.4. The molecule has 0 fully saturated rings. The first-order chi connectivity index (χ1) is 21.1. The third-order valence-corrected chi connectivity index (χ3v) is 9.37. The van der Waals surface area contributed by atoms with Crippen LogP contribution in [-0.2, 0) is 20.0 Å². The monoisotopic (exact) mass is 622 g/mol. The molecule has 0 bridgehead atoms. The summed E-state index contributed by atoms with van der Waals surface area (Å²) in [7, 11) is -7.56. The third kappa shape index (κ3) is 7.66. The summed E-state index contributed by atoms with van der Waals surface area (Å²) in [6, 6.07) is 34.4. The lowest BCUT2D eigenvalue weighted by Gasteiger charge is -2.11. The molecule has 10 heteroatoms. The Bertz CT molecular complexity index is 1910. The van der Waals surface area contributed by atoms with E-state index in [1.807, 2.05) is 13.8 Å². The van der Waals surface area contributed by atoms with Gasteiger partial charge in [-0.1, -0.05) is 77.9 Å². The minimum absolute atomic E-state index is 0.171. The summed E-state index contributed by atoms with van der Waals surface area (Å²) in [6.45, 7) is 3.79. The number of hydrogen-bond acceptors (Lipinski definition) is 6. The van der Waals surface area contributed by atoms with Crippen molar-refractivity contribution >= 4 is 55.2 Å². The van der Waals surface area contributed by atoms with Crippen LogP contribution < -0.4 is 9.44 Å².